The van der Waals surface area contributed by atoms with E-state index in [4.69, 9.17) is 19.0 Å². The fraction of sp³-hybridized carbons (Fsp3) is 0.391. The number of benzene rings is 2. The van der Waals surface area contributed by atoms with Crippen LogP contribution in [0.2, 0.25) is 0 Å². The second kappa shape index (κ2) is 10.0. The predicted octanol–water partition coefficient (Wildman–Crippen LogP) is 3.64. The van der Waals surface area contributed by atoms with Crippen molar-refractivity contribution < 1.29 is 23.8 Å². The van der Waals surface area contributed by atoms with Gasteiger partial charge in [-0.25, -0.2) is 0 Å². The molecule has 0 bridgehead atoms. The van der Waals surface area contributed by atoms with Gasteiger partial charge in [-0.2, -0.15) is 0 Å². The van der Waals surface area contributed by atoms with Crippen molar-refractivity contribution in [3.63, 3.8) is 0 Å². The van der Waals surface area contributed by atoms with Crippen molar-refractivity contribution in [3.8, 4) is 17.2 Å². The number of methoxy groups -OCH3 is 3. The first-order chi connectivity index (χ1) is 14.6. The van der Waals surface area contributed by atoms with Crippen molar-refractivity contribution >= 4 is 11.6 Å². The quantitative estimate of drug-likeness (QED) is 0.629. The van der Waals surface area contributed by atoms with Crippen molar-refractivity contribution in [2.45, 2.75) is 32.4 Å². The number of hydrogen-bond acceptors (Lipinski definition) is 6. The molecule has 30 heavy (non-hydrogen) atoms. The Hall–Kier alpha value is -3.22. The predicted molar refractivity (Wildman–Crippen MR) is 114 cm³/mol. The number of amides is 1. The van der Waals surface area contributed by atoms with E-state index in [1.165, 1.54) is 0 Å². The summed E-state index contributed by atoms with van der Waals surface area (Å²) in [5.74, 6) is 2.14. The van der Waals surface area contributed by atoms with Gasteiger partial charge in [-0.1, -0.05) is 24.2 Å². The summed E-state index contributed by atoms with van der Waals surface area (Å²) in [5, 5.41) is 4.25. The highest BCUT2D eigenvalue weighted by atomic mass is 16.6. The smallest absolute Gasteiger partial charge is 0.222 e. The Labute approximate surface area is 177 Å². The molecule has 1 aliphatic heterocycles. The van der Waals surface area contributed by atoms with E-state index in [0.717, 1.165) is 22.6 Å². The summed E-state index contributed by atoms with van der Waals surface area (Å²) in [6, 6.07) is 13.4. The Balaban J connectivity index is 1.68. The van der Waals surface area contributed by atoms with Crippen molar-refractivity contribution in [1.29, 1.82) is 0 Å². The summed E-state index contributed by atoms with van der Waals surface area (Å²) in [6.45, 7) is 2.82. The lowest BCUT2D eigenvalue weighted by atomic mass is 10.0. The number of nitrogens with zero attached hydrogens (tertiary/aromatic N) is 2. The minimum absolute atomic E-state index is 0.0704. The maximum atomic E-state index is 12.5. The molecule has 1 aliphatic rings. The molecule has 0 N–H and O–H groups in total. The third-order valence-corrected chi connectivity index (χ3v) is 5.04. The molecule has 160 valence electrons. The monoisotopic (exact) mass is 412 g/mol. The number of rotatable bonds is 9. The number of carbonyl (C=O) groups excluding carboxylic acids is 1. The molecule has 0 fully saturated rings. The third-order valence-electron chi connectivity index (χ3n) is 5.04. The molecular weight excluding hydrogens is 384 g/mol. The van der Waals surface area contributed by atoms with Gasteiger partial charge in [0.05, 0.1) is 33.6 Å². The Bertz CT molecular complexity index is 912. The van der Waals surface area contributed by atoms with Gasteiger partial charge in [-0.05, 0) is 35.9 Å². The van der Waals surface area contributed by atoms with Crippen molar-refractivity contribution in [1.82, 2.24) is 4.90 Å². The minimum Gasteiger partial charge on any atom is -0.497 e. The molecule has 2 aromatic rings. The van der Waals surface area contributed by atoms with Gasteiger partial charge in [0.25, 0.3) is 0 Å². The molecule has 1 amide bonds. The average molecular weight is 412 g/mol. The number of carbonyl (C=O) groups is 1. The summed E-state index contributed by atoms with van der Waals surface area (Å²) >= 11 is 0. The van der Waals surface area contributed by atoms with Gasteiger partial charge < -0.3 is 23.9 Å². The molecular formula is C23H28N2O5. The van der Waals surface area contributed by atoms with Gasteiger partial charge in [0.1, 0.15) is 5.75 Å². The summed E-state index contributed by atoms with van der Waals surface area (Å²) < 4.78 is 16.0. The zero-order valence-electron chi connectivity index (χ0n) is 17.9. The van der Waals surface area contributed by atoms with Crippen LogP contribution in [-0.2, 0) is 16.2 Å². The Morgan fingerprint density at radius 2 is 1.90 bits per heavy atom. The van der Waals surface area contributed by atoms with E-state index in [9.17, 15) is 4.79 Å². The molecule has 0 aliphatic carbocycles. The van der Waals surface area contributed by atoms with E-state index in [2.05, 4.69) is 5.16 Å². The van der Waals surface area contributed by atoms with Crippen LogP contribution in [0.25, 0.3) is 0 Å². The molecule has 1 heterocycles. The maximum absolute atomic E-state index is 12.5. The first-order valence-electron chi connectivity index (χ1n) is 9.93. The second-order valence-corrected chi connectivity index (χ2v) is 7.02. The van der Waals surface area contributed by atoms with Crippen LogP contribution in [0.4, 0.5) is 0 Å². The van der Waals surface area contributed by atoms with E-state index in [1.807, 2.05) is 54.3 Å². The molecule has 0 saturated heterocycles. The topological polar surface area (TPSA) is 69.6 Å². The van der Waals surface area contributed by atoms with Crippen LogP contribution < -0.4 is 14.2 Å². The normalized spacial score (nSPS) is 15.2. The van der Waals surface area contributed by atoms with Gasteiger partial charge in [-0.15, -0.1) is 0 Å². The van der Waals surface area contributed by atoms with Gasteiger partial charge >= 0.3 is 0 Å². The molecule has 0 radical (unpaired) electrons. The third kappa shape index (κ3) is 5.03. The largest absolute Gasteiger partial charge is 0.497 e. The van der Waals surface area contributed by atoms with E-state index in [0.29, 0.717) is 37.4 Å². The molecule has 1 atom stereocenters. The molecule has 3 rings (SSSR count). The zero-order chi connectivity index (χ0) is 21.5. The van der Waals surface area contributed by atoms with Gasteiger partial charge in [0.2, 0.25) is 5.91 Å². The van der Waals surface area contributed by atoms with Gasteiger partial charge in [0, 0.05) is 24.9 Å². The van der Waals surface area contributed by atoms with Crippen molar-refractivity contribution in [3.05, 3.63) is 53.6 Å². The van der Waals surface area contributed by atoms with Crippen LogP contribution in [-0.4, -0.2) is 50.5 Å². The summed E-state index contributed by atoms with van der Waals surface area (Å²) in [5.41, 5.74) is 2.75. The molecule has 0 aromatic heterocycles. The lowest BCUT2D eigenvalue weighted by molar-refractivity contribution is -0.133. The first kappa shape index (κ1) is 21.5. The summed E-state index contributed by atoms with van der Waals surface area (Å²) in [6.07, 6.45) is 0.843. The van der Waals surface area contributed by atoms with Crippen LogP contribution in [0.1, 0.15) is 30.9 Å². The Morgan fingerprint density at radius 1 is 1.10 bits per heavy atom. The Kier molecular flexibility index (Phi) is 7.17. The van der Waals surface area contributed by atoms with E-state index in [-0.39, 0.29) is 12.0 Å². The van der Waals surface area contributed by atoms with Crippen LogP contribution >= 0.6 is 0 Å². The number of ether oxygens (including phenoxy) is 3. The fourth-order valence-corrected chi connectivity index (χ4v) is 3.43. The first-order valence-corrected chi connectivity index (χ1v) is 9.93. The van der Waals surface area contributed by atoms with Gasteiger partial charge in [-0.3, -0.25) is 4.79 Å². The molecule has 0 saturated carbocycles. The van der Waals surface area contributed by atoms with E-state index in [1.54, 1.807) is 21.3 Å². The lowest BCUT2D eigenvalue weighted by Gasteiger charge is -2.24. The van der Waals surface area contributed by atoms with Crippen LogP contribution in [0, 0.1) is 0 Å². The van der Waals surface area contributed by atoms with Gasteiger partial charge in [0.15, 0.2) is 17.6 Å². The Morgan fingerprint density at radius 3 is 2.60 bits per heavy atom. The summed E-state index contributed by atoms with van der Waals surface area (Å²) in [7, 11) is 4.84. The second-order valence-electron chi connectivity index (χ2n) is 7.02. The number of oxime groups is 1. The molecule has 0 unspecified atom stereocenters. The maximum Gasteiger partial charge on any atom is 0.222 e. The molecule has 7 nitrogen and oxygen atoms in total. The zero-order valence-corrected chi connectivity index (χ0v) is 17.9. The highest BCUT2D eigenvalue weighted by molar-refractivity contribution is 6.01. The standard InChI is InChI=1S/C23H28N2O5/c1-5-23(26)25(14-16-7-6-8-18(11-16)27-2)15-19-13-20(24-30-19)17-9-10-21(28-3)22(12-17)29-4/h6-12,19H,5,13-15H2,1-4H3/t19-/m0/s1. The minimum atomic E-state index is -0.200. The molecule has 0 spiro atoms. The fourth-order valence-electron chi connectivity index (χ4n) is 3.43. The van der Waals surface area contributed by atoms with Crippen molar-refractivity contribution in [2.75, 3.05) is 27.9 Å². The lowest BCUT2D eigenvalue weighted by Crippen LogP contribution is -2.36. The van der Waals surface area contributed by atoms with Crippen LogP contribution in [0.5, 0.6) is 17.2 Å². The highest BCUT2D eigenvalue weighted by Gasteiger charge is 2.27. The number of hydrogen-bond donors (Lipinski definition) is 0. The van der Waals surface area contributed by atoms with E-state index < -0.39 is 0 Å². The summed E-state index contributed by atoms with van der Waals surface area (Å²) in [4.78, 5) is 20.0. The van der Waals surface area contributed by atoms with Crippen LogP contribution in [0.3, 0.4) is 0 Å². The molecule has 7 heteroatoms. The van der Waals surface area contributed by atoms with Crippen molar-refractivity contribution in [2.24, 2.45) is 5.16 Å². The van der Waals surface area contributed by atoms with Crippen LogP contribution in [0.15, 0.2) is 47.6 Å². The van der Waals surface area contributed by atoms with E-state index >= 15 is 0 Å². The SMILES string of the molecule is CCC(=O)N(Cc1cccc(OC)c1)C[C@@H]1CC(c2ccc(OC)c(OC)c2)=NO1. The molecule has 2 aromatic carbocycles. The average Bonchev–Trinajstić information content (AvgIpc) is 3.26. The highest BCUT2D eigenvalue weighted by Crippen LogP contribution is 2.29.